The van der Waals surface area contributed by atoms with E-state index >= 15 is 0 Å². The van der Waals surface area contributed by atoms with Crippen LogP contribution in [-0.2, 0) is 4.74 Å². The fraction of sp³-hybridized carbons (Fsp3) is 0.625. The van der Waals surface area contributed by atoms with E-state index in [0.717, 1.165) is 30.8 Å². The molecule has 2 unspecified atom stereocenters. The summed E-state index contributed by atoms with van der Waals surface area (Å²) in [7, 11) is 0. The maximum atomic E-state index is 6.02. The molecule has 0 radical (unpaired) electrons. The van der Waals surface area contributed by atoms with Crippen LogP contribution in [0.15, 0.2) is 24.3 Å². The largest absolute Gasteiger partial charge is 0.490 e. The second-order valence-corrected chi connectivity index (χ2v) is 6.11. The molecular weight excluding hydrogens is 252 g/mol. The molecule has 1 saturated heterocycles. The van der Waals surface area contributed by atoms with Gasteiger partial charge in [0.15, 0.2) is 0 Å². The fourth-order valence-electron chi connectivity index (χ4n) is 2.95. The highest BCUT2D eigenvalue weighted by molar-refractivity contribution is 5.32. The van der Waals surface area contributed by atoms with Crippen molar-refractivity contribution in [2.24, 2.45) is 5.84 Å². The first kappa shape index (κ1) is 13.9. The zero-order chi connectivity index (χ0) is 14.0. The van der Waals surface area contributed by atoms with Crippen LogP contribution in [0.1, 0.15) is 50.6 Å². The first-order valence-electron chi connectivity index (χ1n) is 7.58. The highest BCUT2D eigenvalue weighted by atomic mass is 16.5. The van der Waals surface area contributed by atoms with Crippen molar-refractivity contribution in [1.29, 1.82) is 0 Å². The number of hydrogen-bond acceptors (Lipinski definition) is 4. The molecule has 1 aromatic rings. The lowest BCUT2D eigenvalue weighted by Crippen LogP contribution is -2.48. The quantitative estimate of drug-likeness (QED) is 0.641. The molecule has 1 aliphatic heterocycles. The van der Waals surface area contributed by atoms with Crippen LogP contribution < -0.4 is 16.0 Å². The molecule has 2 aliphatic rings. The lowest BCUT2D eigenvalue weighted by atomic mass is 9.84. The van der Waals surface area contributed by atoms with E-state index in [1.54, 1.807) is 0 Å². The van der Waals surface area contributed by atoms with Gasteiger partial charge in [0.2, 0.25) is 0 Å². The molecule has 1 aliphatic carbocycles. The van der Waals surface area contributed by atoms with Gasteiger partial charge in [-0.05, 0) is 56.7 Å². The van der Waals surface area contributed by atoms with Crippen molar-refractivity contribution in [3.8, 4) is 5.75 Å². The van der Waals surface area contributed by atoms with Crippen molar-refractivity contribution in [2.75, 3.05) is 6.61 Å². The van der Waals surface area contributed by atoms with Gasteiger partial charge in [-0.25, -0.2) is 0 Å². The van der Waals surface area contributed by atoms with E-state index in [0.29, 0.717) is 6.10 Å². The summed E-state index contributed by atoms with van der Waals surface area (Å²) >= 11 is 0. The Kier molecular flexibility index (Phi) is 3.96. The van der Waals surface area contributed by atoms with Gasteiger partial charge in [0.1, 0.15) is 5.75 Å². The zero-order valence-electron chi connectivity index (χ0n) is 12.1. The number of nitrogens with one attached hydrogen (secondary N) is 1. The minimum absolute atomic E-state index is 0.00875. The first-order valence-corrected chi connectivity index (χ1v) is 7.58. The van der Waals surface area contributed by atoms with E-state index < -0.39 is 0 Å². The Morgan fingerprint density at radius 3 is 2.90 bits per heavy atom. The van der Waals surface area contributed by atoms with Crippen molar-refractivity contribution >= 4 is 0 Å². The number of hydrogen-bond donors (Lipinski definition) is 2. The Morgan fingerprint density at radius 2 is 2.25 bits per heavy atom. The van der Waals surface area contributed by atoms with E-state index in [-0.39, 0.29) is 11.6 Å². The molecule has 0 aromatic heterocycles. The van der Waals surface area contributed by atoms with E-state index in [2.05, 4.69) is 24.5 Å². The molecule has 4 heteroatoms. The fourth-order valence-corrected chi connectivity index (χ4v) is 2.95. The Balaban J connectivity index is 1.80. The Hall–Kier alpha value is -1.10. The Bertz CT molecular complexity index is 454. The maximum Gasteiger partial charge on any atom is 0.120 e. The number of benzene rings is 1. The summed E-state index contributed by atoms with van der Waals surface area (Å²) in [5, 5.41) is 0. The summed E-state index contributed by atoms with van der Waals surface area (Å²) < 4.78 is 11.9. The lowest BCUT2D eigenvalue weighted by molar-refractivity contribution is -0.0899. The van der Waals surface area contributed by atoms with E-state index in [9.17, 15) is 0 Å². The van der Waals surface area contributed by atoms with Gasteiger partial charge in [0, 0.05) is 6.61 Å². The highest BCUT2D eigenvalue weighted by Crippen LogP contribution is 2.37. The normalized spacial score (nSPS) is 28.1. The molecular formula is C16H24N2O2. The van der Waals surface area contributed by atoms with Crippen molar-refractivity contribution in [2.45, 2.75) is 56.8 Å². The summed E-state index contributed by atoms with van der Waals surface area (Å²) in [4.78, 5) is 0. The third-order valence-corrected chi connectivity index (χ3v) is 4.30. The molecule has 1 aromatic carbocycles. The summed E-state index contributed by atoms with van der Waals surface area (Å²) in [6, 6.07) is 8.22. The standard InChI is InChI=1S/C16H24N2O2/c1-16(9-2-3-10-19-16)15(18-17)12-5-4-6-14(11-12)20-13-7-8-13/h4-6,11,13,15,18H,2-3,7-10,17H2,1H3. The molecule has 20 heavy (non-hydrogen) atoms. The summed E-state index contributed by atoms with van der Waals surface area (Å²) in [6.45, 7) is 2.96. The van der Waals surface area contributed by atoms with Crippen molar-refractivity contribution in [1.82, 2.24) is 5.43 Å². The van der Waals surface area contributed by atoms with Crippen molar-refractivity contribution in [3.05, 3.63) is 29.8 Å². The highest BCUT2D eigenvalue weighted by Gasteiger charge is 2.37. The lowest BCUT2D eigenvalue weighted by Gasteiger charge is -2.40. The molecule has 3 rings (SSSR count). The van der Waals surface area contributed by atoms with E-state index in [1.807, 2.05) is 12.1 Å². The minimum Gasteiger partial charge on any atom is -0.490 e. The predicted molar refractivity (Wildman–Crippen MR) is 78.4 cm³/mol. The maximum absolute atomic E-state index is 6.02. The second kappa shape index (κ2) is 5.72. The number of nitrogens with two attached hydrogens (primary N) is 1. The van der Waals surface area contributed by atoms with Crippen LogP contribution in [-0.4, -0.2) is 18.3 Å². The molecule has 110 valence electrons. The SMILES string of the molecule is CC1(C(NN)c2cccc(OC3CC3)c2)CCCCO1. The van der Waals surface area contributed by atoms with Gasteiger partial charge < -0.3 is 9.47 Å². The van der Waals surface area contributed by atoms with Crippen LogP contribution in [0.3, 0.4) is 0 Å². The van der Waals surface area contributed by atoms with Crippen LogP contribution in [0.4, 0.5) is 0 Å². The van der Waals surface area contributed by atoms with Crippen molar-refractivity contribution in [3.63, 3.8) is 0 Å². The van der Waals surface area contributed by atoms with Crippen LogP contribution in [0.2, 0.25) is 0 Å². The molecule has 2 fully saturated rings. The predicted octanol–water partition coefficient (Wildman–Crippen LogP) is 2.69. The number of hydrazine groups is 1. The second-order valence-electron chi connectivity index (χ2n) is 6.11. The summed E-state index contributed by atoms with van der Waals surface area (Å²) in [5.74, 6) is 6.75. The van der Waals surface area contributed by atoms with Crippen LogP contribution in [0, 0.1) is 0 Å². The molecule has 2 atom stereocenters. The van der Waals surface area contributed by atoms with Crippen LogP contribution >= 0.6 is 0 Å². The average Bonchev–Trinajstić information content (AvgIpc) is 3.24. The molecule has 0 amide bonds. The number of rotatable bonds is 5. The van der Waals surface area contributed by atoms with Gasteiger partial charge in [-0.3, -0.25) is 11.3 Å². The third kappa shape index (κ3) is 2.97. The van der Waals surface area contributed by atoms with Gasteiger partial charge in [-0.1, -0.05) is 12.1 Å². The van der Waals surface area contributed by atoms with Gasteiger partial charge in [-0.15, -0.1) is 0 Å². The topological polar surface area (TPSA) is 56.5 Å². The smallest absolute Gasteiger partial charge is 0.120 e. The third-order valence-electron chi connectivity index (χ3n) is 4.30. The summed E-state index contributed by atoms with van der Waals surface area (Å²) in [6.07, 6.45) is 6.10. The van der Waals surface area contributed by atoms with Gasteiger partial charge in [0.25, 0.3) is 0 Å². The molecule has 0 spiro atoms. The first-order chi connectivity index (χ1) is 9.71. The zero-order valence-corrected chi connectivity index (χ0v) is 12.1. The van der Waals surface area contributed by atoms with Gasteiger partial charge in [0.05, 0.1) is 17.7 Å². The van der Waals surface area contributed by atoms with Gasteiger partial charge in [-0.2, -0.15) is 0 Å². The Labute approximate surface area is 120 Å². The average molecular weight is 276 g/mol. The Morgan fingerprint density at radius 1 is 1.40 bits per heavy atom. The minimum atomic E-state index is -0.245. The van der Waals surface area contributed by atoms with E-state index in [4.69, 9.17) is 15.3 Å². The molecule has 1 saturated carbocycles. The molecule has 4 nitrogen and oxygen atoms in total. The molecule has 0 bridgehead atoms. The molecule has 3 N–H and O–H groups in total. The number of ether oxygens (including phenoxy) is 2. The summed E-state index contributed by atoms with van der Waals surface area (Å²) in [5.41, 5.74) is 3.83. The molecule has 1 heterocycles. The van der Waals surface area contributed by atoms with Gasteiger partial charge >= 0.3 is 0 Å². The van der Waals surface area contributed by atoms with Crippen LogP contribution in [0.25, 0.3) is 0 Å². The van der Waals surface area contributed by atoms with E-state index in [1.165, 1.54) is 19.3 Å². The van der Waals surface area contributed by atoms with Crippen molar-refractivity contribution < 1.29 is 9.47 Å². The van der Waals surface area contributed by atoms with Crippen LogP contribution in [0.5, 0.6) is 5.75 Å². The monoisotopic (exact) mass is 276 g/mol.